The van der Waals surface area contributed by atoms with E-state index in [0.29, 0.717) is 12.2 Å². The van der Waals surface area contributed by atoms with Crippen molar-refractivity contribution in [2.45, 2.75) is 12.5 Å². The third-order valence-electron chi connectivity index (χ3n) is 0.670. The molecule has 3 nitrogen and oxygen atoms in total. The third kappa shape index (κ3) is 24.5. The maximum Gasteiger partial charge on any atom is 0.492 e. The van der Waals surface area contributed by atoms with Gasteiger partial charge in [0.2, 0.25) is 0 Å². The van der Waals surface area contributed by atoms with Crippen molar-refractivity contribution in [1.29, 1.82) is 0 Å². The number of thiol groups is 1. The molecule has 11 heavy (non-hydrogen) atoms. The predicted molar refractivity (Wildman–Crippen MR) is 35.7 cm³/mol. The third-order valence-corrected chi connectivity index (χ3v) is 2.01. The van der Waals surface area contributed by atoms with Gasteiger partial charge in [-0.1, -0.05) is 0 Å². The largest absolute Gasteiger partial charge is 0.492 e. The van der Waals surface area contributed by atoms with Gasteiger partial charge in [-0.3, -0.25) is 0 Å². The molecule has 0 aromatic heterocycles. The van der Waals surface area contributed by atoms with Crippen molar-refractivity contribution >= 4 is 21.4 Å². The van der Waals surface area contributed by atoms with E-state index in [1.807, 2.05) is 0 Å². The van der Waals surface area contributed by atoms with Gasteiger partial charge in [0.1, 0.15) is 0 Å². The van der Waals surface area contributed by atoms with Crippen LogP contribution in [0.5, 0.6) is 0 Å². The van der Waals surface area contributed by atoms with Crippen molar-refractivity contribution in [3.8, 4) is 0 Å². The van der Waals surface area contributed by atoms with Gasteiger partial charge in [0.25, 0.3) is 0 Å². The van der Waals surface area contributed by atoms with Crippen molar-refractivity contribution in [1.82, 2.24) is 0 Å². The topological polar surface area (TPSA) is 60.7 Å². The zero-order valence-electron chi connectivity index (χ0n) is 5.91. The molecule has 0 heterocycles. The molecule has 0 spiro atoms. The molecule has 0 aliphatic carbocycles. The summed E-state index contributed by atoms with van der Waals surface area (Å²) >= 11 is 3.82. The second kappa shape index (κ2) is 12.6. The van der Waals surface area contributed by atoms with Crippen LogP contribution in [0.15, 0.2) is 0 Å². The molecule has 0 saturated carbocycles. The Kier molecular flexibility index (Phi) is 26.8. The fraction of sp³-hybridized carbons (Fsp3) is 1.00. The zero-order valence-corrected chi connectivity index (χ0v) is 12.5. The van der Waals surface area contributed by atoms with Gasteiger partial charge in [-0.15, -0.1) is 0 Å². The van der Waals surface area contributed by atoms with E-state index in [1.54, 1.807) is 0 Å². The summed E-state index contributed by atoms with van der Waals surface area (Å²) < 4.78 is 0. The Morgan fingerprint density at radius 2 is 1.36 bits per heavy atom. The molecule has 0 rings (SSSR count). The molecule has 0 saturated heterocycles. The van der Waals surface area contributed by atoms with E-state index in [0.717, 1.165) is 0 Å². The average molecular weight is 298 g/mol. The van der Waals surface area contributed by atoms with Crippen LogP contribution in [0, 0.1) is 0 Å². The summed E-state index contributed by atoms with van der Waals surface area (Å²) in [5.74, 6) is 0.580. The van der Waals surface area contributed by atoms with Gasteiger partial charge in [0.15, 0.2) is 0 Å². The molecule has 0 unspecified atom stereocenters. The molecule has 0 aliphatic rings. The Hall–Kier alpha value is 2.59. The minimum absolute atomic E-state index is 0. The van der Waals surface area contributed by atoms with Crippen LogP contribution < -0.4 is 0 Å². The van der Waals surface area contributed by atoms with Gasteiger partial charge in [-0.05, 0) is 12.2 Å². The van der Waals surface area contributed by atoms with Crippen LogP contribution in [0.25, 0.3) is 0 Å². The van der Waals surface area contributed by atoms with Gasteiger partial charge in [-0.25, -0.2) is 0 Å². The summed E-state index contributed by atoms with van der Waals surface area (Å²) in [6, 6.07) is 0.0938. The maximum atomic E-state index is 8.36. The van der Waals surface area contributed by atoms with Gasteiger partial charge in [-0.2, -0.15) is 12.6 Å². The summed E-state index contributed by atoms with van der Waals surface area (Å²) in [4.78, 5) is 25.1. The van der Waals surface area contributed by atoms with Crippen molar-refractivity contribution in [2.24, 2.45) is 0 Å². The van der Waals surface area contributed by atoms with Crippen molar-refractivity contribution in [3.63, 3.8) is 0 Å². The Morgan fingerprint density at radius 3 is 1.45 bits per heavy atom. The second-order valence-corrected chi connectivity index (χ2v) is 4.10. The van der Waals surface area contributed by atoms with E-state index in [4.69, 9.17) is 14.4 Å². The van der Waals surface area contributed by atoms with Crippen LogP contribution in [0.3, 0.4) is 0 Å². The molecule has 0 bridgehead atoms. The fourth-order valence-electron chi connectivity index (χ4n) is 0.316. The van der Waals surface area contributed by atoms with E-state index in [-0.39, 0.29) is 71.2 Å². The Balaban J connectivity index is -0.0000000817. The fourth-order valence-corrected chi connectivity index (χ4v) is 1.42. The second-order valence-electron chi connectivity index (χ2n) is 1.60. The number of hydrogen-bond acceptors (Lipinski definition) is 4. The normalized spacial score (nSPS) is 8.73. The van der Waals surface area contributed by atoms with Crippen LogP contribution >= 0.6 is 12.6 Å². The van der Waals surface area contributed by atoms with Gasteiger partial charge < -0.3 is 14.4 Å². The van der Waals surface area contributed by atoms with Crippen molar-refractivity contribution in [3.05, 3.63) is 0 Å². The molecule has 62 valence electrons. The first-order valence-electron chi connectivity index (χ1n) is 2.34. The summed E-state index contributed by atoms with van der Waals surface area (Å²) in [6.45, 7) is 0. The quantitative estimate of drug-likeness (QED) is 0.408. The molecule has 8 heteroatoms. The molecular formula is C3H10O3SSiTi3. The molecule has 0 aromatic rings. The standard InChI is InChI=1S/C3H10O3SSi.3Ti/c4-8(5,6)3-1-2-7;;;/h4-7H,1-3H2;;;. The van der Waals surface area contributed by atoms with Gasteiger partial charge in [0, 0.05) is 71.2 Å². The molecule has 0 aliphatic heterocycles. The molecular weight excluding hydrogens is 288 g/mol. The molecule has 0 aromatic carbocycles. The first-order valence-corrected chi connectivity index (χ1v) is 5.02. The summed E-state index contributed by atoms with van der Waals surface area (Å²) in [5, 5.41) is 0. The van der Waals surface area contributed by atoms with Crippen molar-refractivity contribution in [2.75, 3.05) is 5.75 Å². The SMILES string of the molecule is O[Si](O)(O)CCCS.[Ti].[Ti].[Ti]. The van der Waals surface area contributed by atoms with E-state index < -0.39 is 8.80 Å². The van der Waals surface area contributed by atoms with Gasteiger partial charge >= 0.3 is 8.80 Å². The first kappa shape index (κ1) is 23.4. The van der Waals surface area contributed by atoms with E-state index >= 15 is 0 Å². The maximum absolute atomic E-state index is 8.36. The Morgan fingerprint density at radius 1 is 1.00 bits per heavy atom. The summed E-state index contributed by atoms with van der Waals surface area (Å²) in [5.41, 5.74) is 0. The Bertz CT molecular complexity index is 71.3. The average Bonchev–Trinajstić information content (AvgIpc) is 1.59. The van der Waals surface area contributed by atoms with Crippen LogP contribution in [0.4, 0.5) is 0 Å². The monoisotopic (exact) mass is 298 g/mol. The zero-order chi connectivity index (χ0) is 6.62. The number of rotatable bonds is 3. The molecule has 0 amide bonds. The predicted octanol–water partition coefficient (Wildman–Crippen LogP) is -0.785. The minimum atomic E-state index is -3.73. The molecule has 0 fully saturated rings. The van der Waals surface area contributed by atoms with Crippen LogP contribution in [-0.2, 0) is 65.2 Å². The van der Waals surface area contributed by atoms with Gasteiger partial charge in [0.05, 0.1) is 0 Å². The molecule has 3 N–H and O–H groups in total. The summed E-state index contributed by atoms with van der Waals surface area (Å²) in [6.07, 6.45) is 0.554. The van der Waals surface area contributed by atoms with Crippen LogP contribution in [0.2, 0.25) is 6.04 Å². The molecule has 0 radical (unpaired) electrons. The minimum Gasteiger partial charge on any atom is -0.390 e. The smallest absolute Gasteiger partial charge is 0.390 e. The van der Waals surface area contributed by atoms with E-state index in [9.17, 15) is 0 Å². The molecule has 0 atom stereocenters. The number of hydrogen-bond donors (Lipinski definition) is 4. The van der Waals surface area contributed by atoms with Crippen LogP contribution in [0.1, 0.15) is 6.42 Å². The van der Waals surface area contributed by atoms with Crippen molar-refractivity contribution < 1.29 is 79.5 Å². The van der Waals surface area contributed by atoms with E-state index in [1.165, 1.54) is 0 Å². The first-order chi connectivity index (χ1) is 3.56. The van der Waals surface area contributed by atoms with Crippen LogP contribution in [-0.4, -0.2) is 28.9 Å². The summed E-state index contributed by atoms with van der Waals surface area (Å²) in [7, 11) is -3.73. The van der Waals surface area contributed by atoms with E-state index in [2.05, 4.69) is 12.6 Å². The Labute approximate surface area is 118 Å².